The molecular weight excluding hydrogens is 378 g/mol. The molecule has 0 radical (unpaired) electrons. The molecule has 0 unspecified atom stereocenters. The van der Waals surface area contributed by atoms with Crippen molar-refractivity contribution in [2.75, 3.05) is 11.5 Å². The number of ketones is 1. The maximum Gasteiger partial charge on any atom is 0.338 e. The Balaban J connectivity index is 1.39. The van der Waals surface area contributed by atoms with Gasteiger partial charge in [-0.05, 0) is 37.1 Å². The van der Waals surface area contributed by atoms with E-state index in [9.17, 15) is 14.4 Å². The van der Waals surface area contributed by atoms with Crippen LogP contribution in [0.25, 0.3) is 0 Å². The van der Waals surface area contributed by atoms with Gasteiger partial charge in [-0.2, -0.15) is 0 Å². The molecule has 3 aromatic carbocycles. The van der Waals surface area contributed by atoms with Crippen LogP contribution in [0.4, 0.5) is 5.69 Å². The molecule has 0 bridgehead atoms. The van der Waals surface area contributed by atoms with Crippen LogP contribution in [0.1, 0.15) is 38.8 Å². The van der Waals surface area contributed by atoms with Crippen molar-refractivity contribution in [2.45, 2.75) is 19.4 Å². The maximum atomic E-state index is 12.7. The molecule has 5 heteroatoms. The number of fused-ring (bicyclic) bond motifs is 1. The van der Waals surface area contributed by atoms with Crippen LogP contribution < -0.4 is 4.90 Å². The SMILES string of the molecule is C[C@@H]1Cc2ccccc2N1C(=O)COC(=O)c1ccc(C(=O)c2ccccc2)cc1. The van der Waals surface area contributed by atoms with Gasteiger partial charge in [0, 0.05) is 22.9 Å². The number of para-hydroxylation sites is 1. The summed E-state index contributed by atoms with van der Waals surface area (Å²) in [5.41, 5.74) is 3.34. The number of nitrogens with zero attached hydrogens (tertiary/aromatic N) is 1. The third-order valence-electron chi connectivity index (χ3n) is 5.22. The molecule has 30 heavy (non-hydrogen) atoms. The second-order valence-corrected chi connectivity index (χ2v) is 7.29. The van der Waals surface area contributed by atoms with Gasteiger partial charge in [0.2, 0.25) is 0 Å². The van der Waals surface area contributed by atoms with Gasteiger partial charge in [0.15, 0.2) is 12.4 Å². The standard InChI is InChI=1S/C25H21NO4/c1-17-15-21-9-5-6-10-22(21)26(17)23(27)16-30-25(29)20-13-11-19(12-14-20)24(28)18-7-3-2-4-8-18/h2-14,17H,15-16H2,1H3/t17-/m1/s1. The van der Waals surface area contributed by atoms with E-state index in [2.05, 4.69) is 0 Å². The topological polar surface area (TPSA) is 63.7 Å². The summed E-state index contributed by atoms with van der Waals surface area (Å²) in [7, 11) is 0. The molecule has 4 rings (SSSR count). The Bertz CT molecular complexity index is 1090. The molecule has 0 N–H and O–H groups in total. The molecule has 1 atom stereocenters. The highest BCUT2D eigenvalue weighted by atomic mass is 16.5. The Hall–Kier alpha value is -3.73. The van der Waals surface area contributed by atoms with Crippen molar-refractivity contribution in [1.29, 1.82) is 0 Å². The number of amides is 1. The van der Waals surface area contributed by atoms with Crippen molar-refractivity contribution in [2.24, 2.45) is 0 Å². The molecule has 1 heterocycles. The largest absolute Gasteiger partial charge is 0.452 e. The summed E-state index contributed by atoms with van der Waals surface area (Å²) < 4.78 is 5.24. The average Bonchev–Trinajstić information content (AvgIpc) is 3.13. The quantitative estimate of drug-likeness (QED) is 0.480. The van der Waals surface area contributed by atoms with E-state index in [-0.39, 0.29) is 24.3 Å². The number of benzene rings is 3. The molecule has 0 saturated carbocycles. The Morgan fingerprint density at radius 3 is 2.17 bits per heavy atom. The van der Waals surface area contributed by atoms with Gasteiger partial charge in [-0.1, -0.05) is 60.7 Å². The molecule has 3 aromatic rings. The van der Waals surface area contributed by atoms with Crippen LogP contribution in [0.3, 0.4) is 0 Å². The van der Waals surface area contributed by atoms with Crippen molar-refractivity contribution < 1.29 is 19.1 Å². The van der Waals surface area contributed by atoms with Crippen LogP contribution in [-0.2, 0) is 16.0 Å². The minimum absolute atomic E-state index is 0.0249. The normalized spacial score (nSPS) is 14.8. The Morgan fingerprint density at radius 1 is 0.833 bits per heavy atom. The van der Waals surface area contributed by atoms with Crippen LogP contribution in [-0.4, -0.2) is 30.3 Å². The fourth-order valence-electron chi connectivity index (χ4n) is 3.74. The highest BCUT2D eigenvalue weighted by Crippen LogP contribution is 2.31. The number of esters is 1. The smallest absolute Gasteiger partial charge is 0.338 e. The fourth-order valence-corrected chi connectivity index (χ4v) is 3.74. The number of carbonyl (C=O) groups excluding carboxylic acids is 3. The van der Waals surface area contributed by atoms with E-state index in [1.54, 1.807) is 41.3 Å². The van der Waals surface area contributed by atoms with E-state index in [1.807, 2.05) is 37.3 Å². The van der Waals surface area contributed by atoms with Crippen LogP contribution in [0.2, 0.25) is 0 Å². The highest BCUT2D eigenvalue weighted by molar-refractivity contribution is 6.09. The van der Waals surface area contributed by atoms with E-state index in [1.165, 1.54) is 12.1 Å². The Kier molecular flexibility index (Phi) is 5.44. The fraction of sp³-hybridized carbons (Fsp3) is 0.160. The third kappa shape index (κ3) is 3.87. The summed E-state index contributed by atoms with van der Waals surface area (Å²) in [4.78, 5) is 39.2. The predicted molar refractivity (Wildman–Crippen MR) is 114 cm³/mol. The summed E-state index contributed by atoms with van der Waals surface area (Å²) in [6.07, 6.45) is 0.784. The van der Waals surface area contributed by atoms with Crippen molar-refractivity contribution in [3.63, 3.8) is 0 Å². The number of ether oxygens (including phenoxy) is 1. The van der Waals surface area contributed by atoms with Gasteiger partial charge in [0.1, 0.15) is 0 Å². The molecular formula is C25H21NO4. The second-order valence-electron chi connectivity index (χ2n) is 7.29. The van der Waals surface area contributed by atoms with E-state index >= 15 is 0 Å². The lowest BCUT2D eigenvalue weighted by molar-refractivity contribution is -0.122. The lowest BCUT2D eigenvalue weighted by Crippen LogP contribution is -2.38. The zero-order chi connectivity index (χ0) is 21.1. The number of hydrogen-bond acceptors (Lipinski definition) is 4. The van der Waals surface area contributed by atoms with Crippen LogP contribution >= 0.6 is 0 Å². The van der Waals surface area contributed by atoms with E-state index in [4.69, 9.17) is 4.74 Å². The van der Waals surface area contributed by atoms with Gasteiger partial charge in [0.05, 0.1) is 5.56 Å². The van der Waals surface area contributed by atoms with Crippen LogP contribution in [0, 0.1) is 0 Å². The Labute approximate surface area is 174 Å². The zero-order valence-corrected chi connectivity index (χ0v) is 16.6. The van der Waals surface area contributed by atoms with E-state index < -0.39 is 5.97 Å². The first kappa shape index (κ1) is 19.6. The van der Waals surface area contributed by atoms with Crippen molar-refractivity contribution in [3.05, 3.63) is 101 Å². The minimum Gasteiger partial charge on any atom is -0.452 e. The van der Waals surface area contributed by atoms with Gasteiger partial charge in [-0.3, -0.25) is 9.59 Å². The number of hydrogen-bond donors (Lipinski definition) is 0. The molecule has 150 valence electrons. The molecule has 0 saturated heterocycles. The number of carbonyl (C=O) groups is 3. The first-order valence-electron chi connectivity index (χ1n) is 9.81. The summed E-state index contributed by atoms with van der Waals surface area (Å²) in [5, 5.41) is 0. The maximum absolute atomic E-state index is 12.7. The highest BCUT2D eigenvalue weighted by Gasteiger charge is 2.31. The van der Waals surface area contributed by atoms with Crippen molar-refractivity contribution >= 4 is 23.3 Å². The van der Waals surface area contributed by atoms with Gasteiger partial charge in [-0.25, -0.2) is 4.79 Å². The number of anilines is 1. The predicted octanol–water partition coefficient (Wildman–Crippen LogP) is 4.05. The summed E-state index contributed by atoms with van der Waals surface area (Å²) >= 11 is 0. The van der Waals surface area contributed by atoms with Gasteiger partial charge in [-0.15, -0.1) is 0 Å². The monoisotopic (exact) mass is 399 g/mol. The molecule has 5 nitrogen and oxygen atoms in total. The molecule has 0 spiro atoms. The molecule has 1 amide bonds. The molecule has 0 fully saturated rings. The molecule has 0 aliphatic carbocycles. The van der Waals surface area contributed by atoms with E-state index in [0.717, 1.165) is 17.7 Å². The third-order valence-corrected chi connectivity index (χ3v) is 5.22. The van der Waals surface area contributed by atoms with Gasteiger partial charge >= 0.3 is 5.97 Å². The first-order chi connectivity index (χ1) is 14.5. The van der Waals surface area contributed by atoms with Crippen LogP contribution in [0.5, 0.6) is 0 Å². The zero-order valence-electron chi connectivity index (χ0n) is 16.6. The average molecular weight is 399 g/mol. The first-order valence-corrected chi connectivity index (χ1v) is 9.81. The molecule has 1 aliphatic heterocycles. The molecule has 0 aromatic heterocycles. The molecule has 1 aliphatic rings. The second kappa shape index (κ2) is 8.33. The van der Waals surface area contributed by atoms with E-state index in [0.29, 0.717) is 16.7 Å². The Morgan fingerprint density at radius 2 is 1.43 bits per heavy atom. The van der Waals surface area contributed by atoms with Gasteiger partial charge < -0.3 is 9.64 Å². The summed E-state index contributed by atoms with van der Waals surface area (Å²) in [6, 6.07) is 23.0. The summed E-state index contributed by atoms with van der Waals surface area (Å²) in [5.74, 6) is -0.966. The van der Waals surface area contributed by atoms with Crippen molar-refractivity contribution in [1.82, 2.24) is 0 Å². The van der Waals surface area contributed by atoms with Crippen LogP contribution in [0.15, 0.2) is 78.9 Å². The summed E-state index contributed by atoms with van der Waals surface area (Å²) in [6.45, 7) is 1.64. The number of rotatable bonds is 5. The minimum atomic E-state index is -0.595. The lowest BCUT2D eigenvalue weighted by Gasteiger charge is -2.22. The van der Waals surface area contributed by atoms with Crippen molar-refractivity contribution in [3.8, 4) is 0 Å². The van der Waals surface area contributed by atoms with Gasteiger partial charge in [0.25, 0.3) is 5.91 Å². The lowest BCUT2D eigenvalue weighted by atomic mass is 10.0.